The van der Waals surface area contributed by atoms with Crippen molar-refractivity contribution in [1.82, 2.24) is 9.80 Å². The summed E-state index contributed by atoms with van der Waals surface area (Å²) in [6.07, 6.45) is 2.80. The van der Waals surface area contributed by atoms with Crippen LogP contribution in [0.5, 0.6) is 0 Å². The van der Waals surface area contributed by atoms with E-state index in [1.807, 2.05) is 0 Å². The van der Waals surface area contributed by atoms with Crippen molar-refractivity contribution in [1.29, 1.82) is 0 Å². The summed E-state index contributed by atoms with van der Waals surface area (Å²) in [6, 6.07) is 0.745. The quantitative estimate of drug-likeness (QED) is 0.701. The van der Waals surface area contributed by atoms with Crippen LogP contribution in [0.25, 0.3) is 0 Å². The van der Waals surface area contributed by atoms with E-state index in [1.165, 1.54) is 45.6 Å². The Kier molecular flexibility index (Phi) is 3.68. The second-order valence-electron chi connectivity index (χ2n) is 5.74. The van der Waals surface area contributed by atoms with E-state index in [1.54, 1.807) is 0 Å². The Morgan fingerprint density at radius 2 is 1.87 bits per heavy atom. The third kappa shape index (κ3) is 2.73. The Morgan fingerprint density at radius 1 is 1.13 bits per heavy atom. The van der Waals surface area contributed by atoms with E-state index >= 15 is 0 Å². The summed E-state index contributed by atoms with van der Waals surface area (Å²) in [5, 5.41) is 0. The average Bonchev–Trinajstić information content (AvgIpc) is 2.58. The van der Waals surface area contributed by atoms with Crippen LogP contribution >= 0.6 is 0 Å². The van der Waals surface area contributed by atoms with Gasteiger partial charge in [-0.3, -0.25) is 0 Å². The summed E-state index contributed by atoms with van der Waals surface area (Å²) in [6.45, 7) is 13.7. The van der Waals surface area contributed by atoms with Crippen LogP contribution in [0.3, 0.4) is 0 Å². The molecule has 2 aliphatic heterocycles. The zero-order valence-electron chi connectivity index (χ0n) is 10.6. The van der Waals surface area contributed by atoms with Crippen molar-refractivity contribution in [2.45, 2.75) is 39.7 Å². The molecule has 2 heterocycles. The summed E-state index contributed by atoms with van der Waals surface area (Å²) in [5.41, 5.74) is 0. The second kappa shape index (κ2) is 4.84. The first kappa shape index (κ1) is 11.4. The van der Waals surface area contributed by atoms with Gasteiger partial charge in [-0.1, -0.05) is 13.3 Å². The monoisotopic (exact) mass is 210 g/mol. The summed E-state index contributed by atoms with van der Waals surface area (Å²) in [7, 11) is 0. The van der Waals surface area contributed by atoms with Gasteiger partial charge in [-0.2, -0.15) is 0 Å². The molecular formula is C13H26N2. The van der Waals surface area contributed by atoms with Gasteiger partial charge in [-0.15, -0.1) is 0 Å². The van der Waals surface area contributed by atoms with Gasteiger partial charge in [0.1, 0.15) is 0 Å². The Bertz CT molecular complexity index is 197. The maximum absolute atomic E-state index is 2.66. The molecule has 1 unspecified atom stereocenters. The fourth-order valence-corrected chi connectivity index (χ4v) is 2.93. The summed E-state index contributed by atoms with van der Waals surface area (Å²) < 4.78 is 0. The molecule has 2 saturated heterocycles. The van der Waals surface area contributed by atoms with Crippen LogP contribution in [0.1, 0.15) is 33.6 Å². The zero-order valence-corrected chi connectivity index (χ0v) is 10.6. The SMILES string of the molecule is CCC1CN(CC2CCN(C(C)C)C2)C1. The van der Waals surface area contributed by atoms with Gasteiger partial charge in [-0.05, 0) is 38.6 Å². The number of likely N-dealkylation sites (tertiary alicyclic amines) is 2. The highest BCUT2D eigenvalue weighted by atomic mass is 15.2. The van der Waals surface area contributed by atoms with Gasteiger partial charge in [0.15, 0.2) is 0 Å². The number of nitrogens with zero attached hydrogens (tertiary/aromatic N) is 2. The van der Waals surface area contributed by atoms with E-state index in [4.69, 9.17) is 0 Å². The van der Waals surface area contributed by atoms with Gasteiger partial charge in [0.25, 0.3) is 0 Å². The lowest BCUT2D eigenvalue weighted by molar-refractivity contribution is 0.0793. The molecule has 0 aromatic rings. The second-order valence-corrected chi connectivity index (χ2v) is 5.74. The molecule has 15 heavy (non-hydrogen) atoms. The first-order chi connectivity index (χ1) is 7.19. The molecule has 2 rings (SSSR count). The molecule has 0 amide bonds. The third-order valence-corrected chi connectivity index (χ3v) is 4.17. The first-order valence-electron chi connectivity index (χ1n) is 6.65. The Hall–Kier alpha value is -0.0800. The molecule has 0 aromatic heterocycles. The van der Waals surface area contributed by atoms with Crippen LogP contribution in [-0.2, 0) is 0 Å². The van der Waals surface area contributed by atoms with Crippen molar-refractivity contribution in [2.75, 3.05) is 32.7 Å². The fourth-order valence-electron chi connectivity index (χ4n) is 2.93. The molecular weight excluding hydrogens is 184 g/mol. The maximum atomic E-state index is 2.66. The van der Waals surface area contributed by atoms with Crippen LogP contribution < -0.4 is 0 Å². The van der Waals surface area contributed by atoms with E-state index < -0.39 is 0 Å². The van der Waals surface area contributed by atoms with Crippen molar-refractivity contribution in [3.8, 4) is 0 Å². The molecule has 0 spiro atoms. The average molecular weight is 210 g/mol. The summed E-state index contributed by atoms with van der Waals surface area (Å²) in [4.78, 5) is 5.28. The van der Waals surface area contributed by atoms with Gasteiger partial charge >= 0.3 is 0 Å². The van der Waals surface area contributed by atoms with Crippen LogP contribution in [0.4, 0.5) is 0 Å². The van der Waals surface area contributed by atoms with Crippen LogP contribution in [-0.4, -0.2) is 48.6 Å². The Labute approximate surface area is 94.6 Å². The molecule has 2 nitrogen and oxygen atoms in total. The number of hydrogen-bond donors (Lipinski definition) is 0. The van der Waals surface area contributed by atoms with Crippen molar-refractivity contribution in [3.63, 3.8) is 0 Å². The molecule has 88 valence electrons. The molecule has 1 atom stereocenters. The lowest BCUT2D eigenvalue weighted by Crippen LogP contribution is -2.48. The lowest BCUT2D eigenvalue weighted by Gasteiger charge is -2.40. The van der Waals surface area contributed by atoms with Crippen LogP contribution in [0, 0.1) is 11.8 Å². The largest absolute Gasteiger partial charge is 0.302 e. The highest BCUT2D eigenvalue weighted by molar-refractivity contribution is 4.85. The number of hydrogen-bond acceptors (Lipinski definition) is 2. The van der Waals surface area contributed by atoms with Crippen LogP contribution in [0.2, 0.25) is 0 Å². The van der Waals surface area contributed by atoms with Gasteiger partial charge in [0, 0.05) is 32.2 Å². The molecule has 2 aliphatic rings. The van der Waals surface area contributed by atoms with Gasteiger partial charge in [0.2, 0.25) is 0 Å². The lowest BCUT2D eigenvalue weighted by atomic mass is 9.95. The minimum absolute atomic E-state index is 0.745. The summed E-state index contributed by atoms with van der Waals surface area (Å²) in [5.74, 6) is 1.96. The minimum Gasteiger partial charge on any atom is -0.302 e. The normalized spacial score (nSPS) is 30.0. The van der Waals surface area contributed by atoms with Crippen molar-refractivity contribution < 1.29 is 0 Å². The molecule has 0 aromatic carbocycles. The van der Waals surface area contributed by atoms with Gasteiger partial charge in [0.05, 0.1) is 0 Å². The minimum atomic E-state index is 0.745. The smallest absolute Gasteiger partial charge is 0.00387 e. The molecule has 0 N–H and O–H groups in total. The van der Waals surface area contributed by atoms with Gasteiger partial charge in [-0.25, -0.2) is 0 Å². The third-order valence-electron chi connectivity index (χ3n) is 4.17. The Balaban J connectivity index is 1.65. The molecule has 0 bridgehead atoms. The predicted octanol–water partition coefficient (Wildman–Crippen LogP) is 2.06. The maximum Gasteiger partial charge on any atom is 0.00387 e. The van der Waals surface area contributed by atoms with E-state index in [0.29, 0.717) is 0 Å². The van der Waals surface area contributed by atoms with Crippen molar-refractivity contribution in [3.05, 3.63) is 0 Å². The highest BCUT2D eigenvalue weighted by Gasteiger charge is 2.30. The molecule has 0 aliphatic carbocycles. The van der Waals surface area contributed by atoms with Gasteiger partial charge < -0.3 is 9.80 Å². The van der Waals surface area contributed by atoms with E-state index in [0.717, 1.165) is 17.9 Å². The highest BCUT2D eigenvalue weighted by Crippen LogP contribution is 2.24. The van der Waals surface area contributed by atoms with E-state index in [-0.39, 0.29) is 0 Å². The Morgan fingerprint density at radius 3 is 2.40 bits per heavy atom. The number of rotatable bonds is 4. The summed E-state index contributed by atoms with van der Waals surface area (Å²) >= 11 is 0. The van der Waals surface area contributed by atoms with E-state index in [9.17, 15) is 0 Å². The molecule has 2 fully saturated rings. The van der Waals surface area contributed by atoms with Crippen molar-refractivity contribution in [2.24, 2.45) is 11.8 Å². The predicted molar refractivity (Wildman–Crippen MR) is 65.0 cm³/mol. The molecule has 2 heteroatoms. The topological polar surface area (TPSA) is 6.48 Å². The van der Waals surface area contributed by atoms with Crippen molar-refractivity contribution >= 4 is 0 Å². The zero-order chi connectivity index (χ0) is 10.8. The standard InChI is InChI=1S/C13H26N2/c1-4-12-7-14(8-12)9-13-5-6-15(10-13)11(2)3/h11-13H,4-10H2,1-3H3. The fraction of sp³-hybridized carbons (Fsp3) is 1.00. The van der Waals surface area contributed by atoms with E-state index in [2.05, 4.69) is 30.6 Å². The molecule has 0 saturated carbocycles. The first-order valence-corrected chi connectivity index (χ1v) is 6.65. The van der Waals surface area contributed by atoms with Crippen LogP contribution in [0.15, 0.2) is 0 Å². The molecule has 0 radical (unpaired) electrons.